The van der Waals surface area contributed by atoms with E-state index in [1.165, 1.54) is 24.3 Å². The predicted molar refractivity (Wildman–Crippen MR) is 102 cm³/mol. The molecule has 152 valence electrons. The molecule has 1 heterocycles. The molecule has 0 fully saturated rings. The average molecular weight is 437 g/mol. The predicted octanol–water partition coefficient (Wildman–Crippen LogP) is 2.63. The molecule has 0 aliphatic carbocycles. The highest BCUT2D eigenvalue weighted by molar-refractivity contribution is 7.81. The molecule has 2 N–H and O–H groups in total. The summed E-state index contributed by atoms with van der Waals surface area (Å²) in [4.78, 5) is 4.00. The van der Waals surface area contributed by atoms with Crippen molar-refractivity contribution in [1.82, 2.24) is 4.98 Å². The highest BCUT2D eigenvalue weighted by Gasteiger charge is 2.18. The first kappa shape index (κ1) is 20.7. The minimum atomic E-state index is -4.63. The van der Waals surface area contributed by atoms with Gasteiger partial charge in [-0.2, -0.15) is 16.8 Å². The van der Waals surface area contributed by atoms with Crippen LogP contribution in [-0.4, -0.2) is 30.9 Å². The van der Waals surface area contributed by atoms with E-state index < -0.39 is 20.8 Å². The minimum absolute atomic E-state index is 0.0540. The fourth-order valence-electron chi connectivity index (χ4n) is 2.81. The molecule has 0 unspecified atom stereocenters. The Morgan fingerprint density at radius 2 is 0.966 bits per heavy atom. The van der Waals surface area contributed by atoms with Crippen LogP contribution in [0.4, 0.5) is 0 Å². The summed E-state index contributed by atoms with van der Waals surface area (Å²) in [5.74, 6) is -0.416. The third-order valence-electron chi connectivity index (χ3n) is 3.87. The van der Waals surface area contributed by atoms with E-state index in [0.29, 0.717) is 0 Å². The maximum Gasteiger partial charge on any atom is 0.446 e. The Balaban J connectivity index is 1.98. The topological polar surface area (TPSA) is 140 Å². The van der Waals surface area contributed by atoms with Gasteiger partial charge in [0, 0.05) is 18.3 Å². The summed E-state index contributed by atoms with van der Waals surface area (Å²) in [6.45, 7) is 0. The summed E-state index contributed by atoms with van der Waals surface area (Å²) in [6.07, 6.45) is 3.24. The van der Waals surface area contributed by atoms with Gasteiger partial charge in [-0.05, 0) is 53.1 Å². The van der Waals surface area contributed by atoms with Crippen molar-refractivity contribution in [3.8, 4) is 11.5 Å². The molecule has 0 amide bonds. The molecule has 1 aromatic heterocycles. The number of hydrogen-bond donors (Lipinski definition) is 2. The van der Waals surface area contributed by atoms with E-state index in [9.17, 15) is 16.8 Å². The van der Waals surface area contributed by atoms with Crippen LogP contribution < -0.4 is 8.37 Å². The Morgan fingerprint density at radius 3 is 1.31 bits per heavy atom. The van der Waals surface area contributed by atoms with E-state index in [-0.39, 0.29) is 17.4 Å². The molecule has 0 aliphatic heterocycles. The SMILES string of the molecule is O=S(=O)(O)Oc1ccc(C(c2ccncc2)c2ccc(OS(=O)(=O)O)cc2)cc1. The molecule has 0 radical (unpaired) electrons. The molecule has 3 rings (SSSR count). The molecular formula is C18H15NO8S2. The number of aromatic nitrogens is 1. The highest BCUT2D eigenvalue weighted by Crippen LogP contribution is 2.33. The number of benzene rings is 2. The van der Waals surface area contributed by atoms with Crippen molar-refractivity contribution < 1.29 is 34.3 Å². The normalized spacial score (nSPS) is 12.0. The first-order chi connectivity index (χ1) is 13.6. The van der Waals surface area contributed by atoms with E-state index in [1.54, 1.807) is 48.8 Å². The summed E-state index contributed by atoms with van der Waals surface area (Å²) >= 11 is 0. The second kappa shape index (κ2) is 8.17. The van der Waals surface area contributed by atoms with E-state index in [1.807, 2.05) is 0 Å². The van der Waals surface area contributed by atoms with Crippen molar-refractivity contribution >= 4 is 20.8 Å². The molecule has 3 aromatic rings. The maximum absolute atomic E-state index is 10.8. The summed E-state index contributed by atoms with van der Waals surface area (Å²) in [6, 6.07) is 15.7. The van der Waals surface area contributed by atoms with Crippen molar-refractivity contribution in [3.63, 3.8) is 0 Å². The lowest BCUT2D eigenvalue weighted by Gasteiger charge is -2.19. The van der Waals surface area contributed by atoms with Crippen LogP contribution in [-0.2, 0) is 20.8 Å². The van der Waals surface area contributed by atoms with Crippen molar-refractivity contribution in [2.45, 2.75) is 5.92 Å². The van der Waals surface area contributed by atoms with Crippen LogP contribution in [0.2, 0.25) is 0 Å². The zero-order valence-corrected chi connectivity index (χ0v) is 16.2. The first-order valence-corrected chi connectivity index (χ1v) is 10.8. The fourth-order valence-corrected chi connectivity index (χ4v) is 3.52. The molecule has 11 heteroatoms. The van der Waals surface area contributed by atoms with Crippen LogP contribution in [0.15, 0.2) is 73.1 Å². The third-order valence-corrected chi connectivity index (χ3v) is 4.68. The molecule has 0 aliphatic rings. The Kier molecular flexibility index (Phi) is 5.84. The number of rotatable bonds is 7. The lowest BCUT2D eigenvalue weighted by atomic mass is 9.85. The number of hydrogen-bond acceptors (Lipinski definition) is 7. The van der Waals surface area contributed by atoms with Crippen molar-refractivity contribution in [2.24, 2.45) is 0 Å². The van der Waals surface area contributed by atoms with E-state index in [2.05, 4.69) is 13.4 Å². The summed E-state index contributed by atoms with van der Waals surface area (Å²) in [5, 5.41) is 0. The zero-order chi connectivity index (χ0) is 21.1. The van der Waals surface area contributed by atoms with E-state index >= 15 is 0 Å². The van der Waals surface area contributed by atoms with Gasteiger partial charge in [-0.25, -0.2) is 0 Å². The van der Waals surface area contributed by atoms with Crippen LogP contribution in [0.3, 0.4) is 0 Å². The van der Waals surface area contributed by atoms with Crippen molar-refractivity contribution in [2.75, 3.05) is 0 Å². The average Bonchev–Trinajstić information content (AvgIpc) is 2.63. The molecule has 9 nitrogen and oxygen atoms in total. The van der Waals surface area contributed by atoms with E-state index in [0.717, 1.165) is 16.7 Å². The van der Waals surface area contributed by atoms with Crippen LogP contribution in [0.1, 0.15) is 22.6 Å². The molecule has 0 atom stereocenters. The van der Waals surface area contributed by atoms with E-state index in [4.69, 9.17) is 9.11 Å². The van der Waals surface area contributed by atoms with Gasteiger partial charge in [0.15, 0.2) is 0 Å². The van der Waals surface area contributed by atoms with Crippen molar-refractivity contribution in [1.29, 1.82) is 0 Å². The quantitative estimate of drug-likeness (QED) is 0.534. The highest BCUT2D eigenvalue weighted by atomic mass is 32.3. The molecule has 0 saturated heterocycles. The van der Waals surface area contributed by atoms with Gasteiger partial charge < -0.3 is 8.37 Å². The lowest BCUT2D eigenvalue weighted by Crippen LogP contribution is -2.08. The minimum Gasteiger partial charge on any atom is -0.362 e. The Morgan fingerprint density at radius 1 is 0.621 bits per heavy atom. The van der Waals surface area contributed by atoms with Crippen LogP contribution in [0.25, 0.3) is 0 Å². The van der Waals surface area contributed by atoms with Gasteiger partial charge in [0.1, 0.15) is 11.5 Å². The Hall–Kier alpha value is -2.99. The molecule has 0 bridgehead atoms. The molecule has 2 aromatic carbocycles. The van der Waals surface area contributed by atoms with Gasteiger partial charge in [0.2, 0.25) is 0 Å². The molecular weight excluding hydrogens is 422 g/mol. The fraction of sp³-hybridized carbons (Fsp3) is 0.0556. The standard InChI is InChI=1S/C18H15NO8S2/c20-28(21,22)26-16-5-1-13(2-6-16)18(15-9-11-19-12-10-15)14-3-7-17(8-4-14)27-29(23,24)25/h1-12,18H,(H,20,21,22)(H,23,24,25). The van der Waals surface area contributed by atoms with Gasteiger partial charge in [0.05, 0.1) is 0 Å². The number of nitrogens with zero attached hydrogens (tertiary/aromatic N) is 1. The Labute approximate surface area is 167 Å². The summed E-state index contributed by atoms with van der Waals surface area (Å²) < 4.78 is 69.8. The lowest BCUT2D eigenvalue weighted by molar-refractivity contribution is 0.384. The maximum atomic E-state index is 10.8. The molecule has 0 saturated carbocycles. The second-order valence-electron chi connectivity index (χ2n) is 5.87. The van der Waals surface area contributed by atoms with Crippen LogP contribution in [0, 0.1) is 0 Å². The summed E-state index contributed by atoms with van der Waals surface area (Å²) in [7, 11) is -9.25. The van der Waals surface area contributed by atoms with Crippen LogP contribution >= 0.6 is 0 Å². The van der Waals surface area contributed by atoms with Crippen LogP contribution in [0.5, 0.6) is 11.5 Å². The third kappa shape index (κ3) is 5.99. The van der Waals surface area contributed by atoms with Gasteiger partial charge in [-0.15, -0.1) is 0 Å². The molecule has 0 spiro atoms. The first-order valence-electron chi connectivity index (χ1n) is 8.04. The number of pyridine rings is 1. The van der Waals surface area contributed by atoms with Crippen molar-refractivity contribution in [3.05, 3.63) is 89.7 Å². The van der Waals surface area contributed by atoms with Gasteiger partial charge >= 0.3 is 20.8 Å². The summed E-state index contributed by atoms with van der Waals surface area (Å²) in [5.41, 5.74) is 2.40. The van der Waals surface area contributed by atoms with Gasteiger partial charge in [-0.3, -0.25) is 14.1 Å². The second-order valence-corrected chi connectivity index (χ2v) is 7.92. The van der Waals surface area contributed by atoms with Gasteiger partial charge in [0.25, 0.3) is 0 Å². The smallest absolute Gasteiger partial charge is 0.362 e. The Bertz CT molecular complexity index is 1100. The van der Waals surface area contributed by atoms with Gasteiger partial charge in [-0.1, -0.05) is 24.3 Å². The zero-order valence-electron chi connectivity index (χ0n) is 14.6. The largest absolute Gasteiger partial charge is 0.446 e. The molecule has 29 heavy (non-hydrogen) atoms. The monoisotopic (exact) mass is 437 g/mol.